The molecule has 0 heterocycles. The van der Waals surface area contributed by atoms with E-state index in [-0.39, 0.29) is 12.0 Å². The van der Waals surface area contributed by atoms with E-state index in [1.165, 1.54) is 19.3 Å². The Morgan fingerprint density at radius 1 is 1.62 bits per heavy atom. The summed E-state index contributed by atoms with van der Waals surface area (Å²) in [6, 6.07) is 0.00403. The summed E-state index contributed by atoms with van der Waals surface area (Å²) >= 11 is 0. The van der Waals surface area contributed by atoms with Gasteiger partial charge in [0.2, 0.25) is 0 Å². The first-order valence-corrected chi connectivity index (χ1v) is 5.13. The zero-order valence-electron chi connectivity index (χ0n) is 8.29. The van der Waals surface area contributed by atoms with Gasteiger partial charge in [0.25, 0.3) is 0 Å². The van der Waals surface area contributed by atoms with Gasteiger partial charge in [0, 0.05) is 6.04 Å². The second-order valence-corrected chi connectivity index (χ2v) is 3.80. The van der Waals surface area contributed by atoms with Crippen molar-refractivity contribution in [3.05, 3.63) is 0 Å². The average Bonchev–Trinajstić information content (AvgIpc) is 1.97. The number of rotatable bonds is 5. The lowest BCUT2D eigenvalue weighted by molar-refractivity contribution is -0.143. The third-order valence-electron chi connectivity index (χ3n) is 2.60. The lowest BCUT2D eigenvalue weighted by Gasteiger charge is -2.27. The fraction of sp³-hybridized carbons (Fsp3) is 0.900. The minimum absolute atomic E-state index is 0.00403. The van der Waals surface area contributed by atoms with Gasteiger partial charge in [-0.3, -0.25) is 4.79 Å². The minimum atomic E-state index is -0.158. The van der Waals surface area contributed by atoms with E-state index < -0.39 is 0 Å². The van der Waals surface area contributed by atoms with Crippen molar-refractivity contribution in [2.45, 2.75) is 45.1 Å². The second kappa shape index (κ2) is 5.22. The molecule has 3 nitrogen and oxygen atoms in total. The minimum Gasteiger partial charge on any atom is -0.466 e. The fourth-order valence-corrected chi connectivity index (χ4v) is 1.67. The van der Waals surface area contributed by atoms with E-state index in [1.807, 2.05) is 6.92 Å². The maximum atomic E-state index is 11.0. The van der Waals surface area contributed by atoms with Crippen LogP contribution < -0.4 is 5.73 Å². The number of carbonyl (C=O) groups is 1. The molecule has 0 spiro atoms. The lowest BCUT2D eigenvalue weighted by atomic mass is 9.80. The standard InChI is InChI=1S/C10H19NO2/c1-2-13-10(12)7-9(11)6-8-4-3-5-8/h8-9H,2-7,11H2,1H3. The highest BCUT2D eigenvalue weighted by molar-refractivity contribution is 5.70. The van der Waals surface area contributed by atoms with Crippen molar-refractivity contribution in [2.75, 3.05) is 6.61 Å². The van der Waals surface area contributed by atoms with Crippen molar-refractivity contribution in [3.8, 4) is 0 Å². The molecule has 0 aromatic heterocycles. The topological polar surface area (TPSA) is 52.3 Å². The Morgan fingerprint density at radius 3 is 2.77 bits per heavy atom. The number of hydrogen-bond donors (Lipinski definition) is 1. The van der Waals surface area contributed by atoms with E-state index in [0.717, 1.165) is 12.3 Å². The van der Waals surface area contributed by atoms with Crippen LogP contribution in [0.25, 0.3) is 0 Å². The largest absolute Gasteiger partial charge is 0.466 e. The third kappa shape index (κ3) is 3.77. The number of ether oxygens (including phenoxy) is 1. The molecule has 0 aromatic rings. The highest BCUT2D eigenvalue weighted by atomic mass is 16.5. The van der Waals surface area contributed by atoms with Gasteiger partial charge in [-0.1, -0.05) is 19.3 Å². The van der Waals surface area contributed by atoms with Crippen LogP contribution in [-0.2, 0) is 9.53 Å². The number of esters is 1. The SMILES string of the molecule is CCOC(=O)CC(N)CC1CCC1. The Labute approximate surface area is 79.6 Å². The first-order valence-electron chi connectivity index (χ1n) is 5.13. The summed E-state index contributed by atoms with van der Waals surface area (Å²) in [5.74, 6) is 0.610. The van der Waals surface area contributed by atoms with Gasteiger partial charge in [-0.2, -0.15) is 0 Å². The first kappa shape index (κ1) is 10.5. The zero-order chi connectivity index (χ0) is 9.68. The zero-order valence-corrected chi connectivity index (χ0v) is 8.29. The first-order chi connectivity index (χ1) is 6.22. The molecule has 1 atom stereocenters. The number of nitrogens with two attached hydrogens (primary N) is 1. The van der Waals surface area contributed by atoms with Gasteiger partial charge in [-0.05, 0) is 19.3 Å². The van der Waals surface area contributed by atoms with Gasteiger partial charge in [0.05, 0.1) is 13.0 Å². The smallest absolute Gasteiger partial charge is 0.307 e. The molecular formula is C10H19NO2. The molecule has 1 saturated carbocycles. The van der Waals surface area contributed by atoms with E-state index in [0.29, 0.717) is 13.0 Å². The van der Waals surface area contributed by atoms with Crippen molar-refractivity contribution in [3.63, 3.8) is 0 Å². The molecule has 1 aliphatic carbocycles. The van der Waals surface area contributed by atoms with E-state index in [4.69, 9.17) is 10.5 Å². The van der Waals surface area contributed by atoms with Crippen LogP contribution in [0.5, 0.6) is 0 Å². The van der Waals surface area contributed by atoms with Crippen LogP contribution in [0.4, 0.5) is 0 Å². The maximum Gasteiger partial charge on any atom is 0.307 e. The molecule has 0 aromatic carbocycles. The summed E-state index contributed by atoms with van der Waals surface area (Å²) in [5, 5.41) is 0. The molecule has 2 N–H and O–H groups in total. The molecule has 0 bridgehead atoms. The molecule has 1 unspecified atom stereocenters. The van der Waals surface area contributed by atoms with Crippen molar-refractivity contribution < 1.29 is 9.53 Å². The Morgan fingerprint density at radius 2 is 2.31 bits per heavy atom. The van der Waals surface area contributed by atoms with Crippen molar-refractivity contribution in [2.24, 2.45) is 11.7 Å². The van der Waals surface area contributed by atoms with E-state index >= 15 is 0 Å². The summed E-state index contributed by atoms with van der Waals surface area (Å²) < 4.78 is 4.83. The van der Waals surface area contributed by atoms with Gasteiger partial charge >= 0.3 is 5.97 Å². The Kier molecular flexibility index (Phi) is 4.22. The molecular weight excluding hydrogens is 166 g/mol. The van der Waals surface area contributed by atoms with Crippen LogP contribution in [0.1, 0.15) is 39.0 Å². The molecule has 0 amide bonds. The summed E-state index contributed by atoms with van der Waals surface area (Å²) in [6.45, 7) is 2.27. The van der Waals surface area contributed by atoms with Crippen LogP contribution in [0, 0.1) is 5.92 Å². The molecule has 3 heteroatoms. The van der Waals surface area contributed by atoms with E-state index in [9.17, 15) is 4.79 Å². The van der Waals surface area contributed by atoms with Gasteiger partial charge < -0.3 is 10.5 Å². The predicted octanol–water partition coefficient (Wildman–Crippen LogP) is 1.46. The number of hydrogen-bond acceptors (Lipinski definition) is 3. The molecule has 76 valence electrons. The van der Waals surface area contributed by atoms with E-state index in [2.05, 4.69) is 0 Å². The second-order valence-electron chi connectivity index (χ2n) is 3.80. The average molecular weight is 185 g/mol. The fourth-order valence-electron chi connectivity index (χ4n) is 1.67. The van der Waals surface area contributed by atoms with Gasteiger partial charge in [-0.15, -0.1) is 0 Å². The summed E-state index contributed by atoms with van der Waals surface area (Å²) in [5.41, 5.74) is 5.81. The predicted molar refractivity (Wildman–Crippen MR) is 51.2 cm³/mol. The normalized spacial score (nSPS) is 19.2. The Balaban J connectivity index is 2.08. The quantitative estimate of drug-likeness (QED) is 0.660. The third-order valence-corrected chi connectivity index (χ3v) is 2.60. The lowest BCUT2D eigenvalue weighted by Crippen LogP contribution is -2.29. The molecule has 0 saturated heterocycles. The summed E-state index contributed by atoms with van der Waals surface area (Å²) in [7, 11) is 0. The van der Waals surface area contributed by atoms with Crippen LogP contribution in [-0.4, -0.2) is 18.6 Å². The maximum absolute atomic E-state index is 11.0. The number of carbonyl (C=O) groups excluding carboxylic acids is 1. The molecule has 1 fully saturated rings. The molecule has 13 heavy (non-hydrogen) atoms. The summed E-state index contributed by atoms with van der Waals surface area (Å²) in [4.78, 5) is 11.0. The van der Waals surface area contributed by atoms with Crippen LogP contribution in [0.2, 0.25) is 0 Å². The van der Waals surface area contributed by atoms with Crippen molar-refractivity contribution >= 4 is 5.97 Å². The van der Waals surface area contributed by atoms with Crippen LogP contribution >= 0.6 is 0 Å². The van der Waals surface area contributed by atoms with Crippen molar-refractivity contribution in [1.82, 2.24) is 0 Å². The van der Waals surface area contributed by atoms with Crippen molar-refractivity contribution in [1.29, 1.82) is 0 Å². The van der Waals surface area contributed by atoms with Crippen LogP contribution in [0.3, 0.4) is 0 Å². The highest BCUT2D eigenvalue weighted by Crippen LogP contribution is 2.30. The van der Waals surface area contributed by atoms with Gasteiger partial charge in [0.1, 0.15) is 0 Å². The summed E-state index contributed by atoms with van der Waals surface area (Å²) in [6.07, 6.45) is 5.27. The highest BCUT2D eigenvalue weighted by Gasteiger charge is 2.21. The van der Waals surface area contributed by atoms with Gasteiger partial charge in [-0.25, -0.2) is 0 Å². The molecule has 1 rings (SSSR count). The Bertz CT molecular complexity index is 166. The van der Waals surface area contributed by atoms with E-state index in [1.54, 1.807) is 0 Å². The molecule has 0 aliphatic heterocycles. The van der Waals surface area contributed by atoms with Crippen LogP contribution in [0.15, 0.2) is 0 Å². The molecule has 0 radical (unpaired) electrons. The van der Waals surface area contributed by atoms with Gasteiger partial charge in [0.15, 0.2) is 0 Å². The Hall–Kier alpha value is -0.570. The molecule has 1 aliphatic rings. The monoisotopic (exact) mass is 185 g/mol.